The van der Waals surface area contributed by atoms with Crippen molar-refractivity contribution >= 4 is 0 Å². The number of fused-ring (bicyclic) bond motifs is 8. The number of aromatic hydroxyl groups is 2. The zero-order valence-electron chi connectivity index (χ0n) is 31.8. The highest BCUT2D eigenvalue weighted by molar-refractivity contribution is 5.57. The van der Waals surface area contributed by atoms with Crippen molar-refractivity contribution in [1.82, 2.24) is 19.9 Å². The Hall–Kier alpha value is -7.32. The van der Waals surface area contributed by atoms with Crippen LogP contribution in [0.5, 0.6) is 23.0 Å². The maximum absolute atomic E-state index is 11.9. The van der Waals surface area contributed by atoms with Gasteiger partial charge < -0.3 is 19.7 Å². The second kappa shape index (κ2) is 16.4. The van der Waals surface area contributed by atoms with E-state index < -0.39 is 0 Å². The minimum Gasteiger partial charge on any atom is -0.507 e. The number of phenols is 2. The van der Waals surface area contributed by atoms with E-state index in [9.17, 15) is 10.2 Å². The molecule has 0 aliphatic heterocycles. The van der Waals surface area contributed by atoms with Crippen LogP contribution >= 0.6 is 0 Å². The Labute approximate surface area is 337 Å². The quantitative estimate of drug-likeness (QED) is 0.158. The number of phenolic OH excluding ortho intramolecular Hbond substituents is 2. The number of aromatic nitrogens is 4. The molecule has 2 N–H and O–H groups in total. The Morgan fingerprint density at radius 2 is 0.690 bits per heavy atom. The summed E-state index contributed by atoms with van der Waals surface area (Å²) in [6, 6.07) is 47.2. The lowest BCUT2D eigenvalue weighted by Crippen LogP contribution is -2.07. The summed E-state index contributed by atoms with van der Waals surface area (Å²) in [7, 11) is 0. The summed E-state index contributed by atoms with van der Waals surface area (Å²) in [4.78, 5) is 18.7. The molecule has 0 atom stereocenters. The number of ether oxygens (including phenoxy) is 2. The number of nitrogens with zero attached hydrogens (tertiary/aromatic N) is 4. The van der Waals surface area contributed by atoms with Gasteiger partial charge in [0.15, 0.2) is 0 Å². The van der Waals surface area contributed by atoms with E-state index in [0.29, 0.717) is 37.2 Å². The fraction of sp³-hybridized carbons (Fsp3) is 0.120. The van der Waals surface area contributed by atoms with E-state index in [1.165, 1.54) is 0 Å². The largest absolute Gasteiger partial charge is 0.507 e. The second-order valence-electron chi connectivity index (χ2n) is 14.4. The Bertz CT molecular complexity index is 2450. The van der Waals surface area contributed by atoms with Crippen LogP contribution in [-0.2, 0) is 38.9 Å². The van der Waals surface area contributed by atoms with Crippen LogP contribution in [0.25, 0.3) is 22.8 Å². The number of hydrogen-bond donors (Lipinski definition) is 2. The molecule has 1 aliphatic carbocycles. The van der Waals surface area contributed by atoms with Crippen molar-refractivity contribution in [2.24, 2.45) is 0 Å². The molecule has 4 aromatic carbocycles. The molecule has 8 nitrogen and oxygen atoms in total. The average Bonchev–Trinajstić information content (AvgIpc) is 3.26. The van der Waals surface area contributed by atoms with Crippen molar-refractivity contribution in [2.75, 3.05) is 0 Å². The van der Waals surface area contributed by atoms with Gasteiger partial charge >= 0.3 is 0 Å². The molecule has 1 aliphatic rings. The van der Waals surface area contributed by atoms with Gasteiger partial charge in [-0.1, -0.05) is 97.1 Å². The molecule has 284 valence electrons. The van der Waals surface area contributed by atoms with Crippen LogP contribution in [0.4, 0.5) is 0 Å². The molecule has 0 amide bonds. The average molecular weight is 761 g/mol. The van der Waals surface area contributed by atoms with E-state index in [1.807, 2.05) is 146 Å². The van der Waals surface area contributed by atoms with Gasteiger partial charge in [-0.25, -0.2) is 9.97 Å². The van der Waals surface area contributed by atoms with Gasteiger partial charge in [0.25, 0.3) is 0 Å². The summed E-state index contributed by atoms with van der Waals surface area (Å²) in [5, 5.41) is 23.8. The van der Waals surface area contributed by atoms with Crippen molar-refractivity contribution in [3.63, 3.8) is 0 Å². The fourth-order valence-electron chi connectivity index (χ4n) is 7.61. The van der Waals surface area contributed by atoms with Gasteiger partial charge in [-0.3, -0.25) is 9.97 Å². The second-order valence-corrected chi connectivity index (χ2v) is 14.4. The Morgan fingerprint density at radius 3 is 1.03 bits per heavy atom. The van der Waals surface area contributed by atoms with E-state index >= 15 is 0 Å². The van der Waals surface area contributed by atoms with Gasteiger partial charge in [-0.15, -0.1) is 0 Å². The number of benzene rings is 4. The third-order valence-corrected chi connectivity index (χ3v) is 10.5. The Morgan fingerprint density at radius 1 is 0.362 bits per heavy atom. The van der Waals surface area contributed by atoms with Crippen LogP contribution in [0.2, 0.25) is 0 Å². The van der Waals surface area contributed by atoms with E-state index in [4.69, 9.17) is 19.4 Å². The van der Waals surface area contributed by atoms with Crippen molar-refractivity contribution < 1.29 is 19.7 Å². The third-order valence-electron chi connectivity index (χ3n) is 10.5. The van der Waals surface area contributed by atoms with Gasteiger partial charge in [-0.2, -0.15) is 0 Å². The number of hydrogen-bond acceptors (Lipinski definition) is 8. The molecule has 58 heavy (non-hydrogen) atoms. The van der Waals surface area contributed by atoms with Crippen molar-refractivity contribution in [1.29, 1.82) is 0 Å². The molecule has 9 rings (SSSR count). The highest BCUT2D eigenvalue weighted by Gasteiger charge is 2.21. The van der Waals surface area contributed by atoms with E-state index in [1.54, 1.807) is 12.4 Å². The highest BCUT2D eigenvalue weighted by Crippen LogP contribution is 2.38. The molecule has 4 aromatic heterocycles. The summed E-state index contributed by atoms with van der Waals surface area (Å²) in [6.45, 7) is 0.451. The lowest BCUT2D eigenvalue weighted by molar-refractivity contribution is 0.295. The van der Waals surface area contributed by atoms with Crippen LogP contribution < -0.4 is 9.47 Å². The number of pyridine rings is 4. The normalized spacial score (nSPS) is 12.1. The summed E-state index contributed by atoms with van der Waals surface area (Å²) < 4.78 is 13.4. The van der Waals surface area contributed by atoms with Crippen LogP contribution in [0.3, 0.4) is 0 Å². The number of para-hydroxylation sites is 4. The molecule has 0 fully saturated rings. The maximum atomic E-state index is 11.9. The molecule has 8 heteroatoms. The van der Waals surface area contributed by atoms with Gasteiger partial charge in [0.2, 0.25) is 0 Å². The van der Waals surface area contributed by atoms with Crippen LogP contribution in [0.15, 0.2) is 158 Å². The van der Waals surface area contributed by atoms with Gasteiger partial charge in [-0.05, 0) is 93.0 Å². The van der Waals surface area contributed by atoms with E-state index in [2.05, 4.69) is 9.97 Å². The van der Waals surface area contributed by atoms with E-state index in [-0.39, 0.29) is 24.7 Å². The molecule has 8 aromatic rings. The fourth-order valence-corrected chi connectivity index (χ4v) is 7.61. The standard InChI is InChI=1S/C50H40N4O4/c55-47-33-11-5-13-35(47)29-39-17-8-18-40(50(39)58-32-42-20-10-24-46(54-42)44-22-2-4-26-52-44)30-36-14-6-12-34(48(36)56)28-38-16-7-15-37(27-33)49(38)57-31-41-19-9-23-45(53-41)43-21-1-3-25-51-43/h1-26,55-56H,27-32H2. The molecule has 0 saturated carbocycles. The lowest BCUT2D eigenvalue weighted by Gasteiger charge is -2.20. The van der Waals surface area contributed by atoms with Crippen molar-refractivity contribution in [2.45, 2.75) is 38.9 Å². The van der Waals surface area contributed by atoms with Crippen LogP contribution in [0, 0.1) is 0 Å². The Balaban J connectivity index is 1.08. The lowest BCUT2D eigenvalue weighted by atomic mass is 9.91. The predicted octanol–water partition coefficient (Wildman–Crippen LogP) is 9.85. The molecular weight excluding hydrogens is 721 g/mol. The molecule has 0 radical (unpaired) electrons. The topological polar surface area (TPSA) is 110 Å². The molecule has 0 saturated heterocycles. The van der Waals surface area contributed by atoms with Gasteiger partial charge in [0, 0.05) is 38.1 Å². The first-order valence-corrected chi connectivity index (χ1v) is 19.4. The summed E-state index contributed by atoms with van der Waals surface area (Å²) in [6.07, 6.45) is 5.23. The van der Waals surface area contributed by atoms with Gasteiger partial charge in [0.05, 0.1) is 34.2 Å². The van der Waals surface area contributed by atoms with Crippen LogP contribution in [-0.4, -0.2) is 30.1 Å². The first-order valence-electron chi connectivity index (χ1n) is 19.4. The first-order chi connectivity index (χ1) is 28.6. The van der Waals surface area contributed by atoms with Crippen molar-refractivity contribution in [3.05, 3.63) is 214 Å². The minimum absolute atomic E-state index is 0.225. The van der Waals surface area contributed by atoms with E-state index in [0.717, 1.165) is 78.7 Å². The summed E-state index contributed by atoms with van der Waals surface area (Å²) >= 11 is 0. The molecule has 4 heterocycles. The SMILES string of the molecule is Oc1c2cccc1Cc1cccc(c1OCc1cccc(-c3ccccn3)n1)Cc1cccc(c1O)Cc1cccc(c1OCc1cccc(-c3ccccn3)n1)C2. The van der Waals surface area contributed by atoms with Crippen LogP contribution in [0.1, 0.15) is 55.9 Å². The van der Waals surface area contributed by atoms with Crippen molar-refractivity contribution in [3.8, 4) is 45.8 Å². The highest BCUT2D eigenvalue weighted by atomic mass is 16.5. The maximum Gasteiger partial charge on any atom is 0.130 e. The summed E-state index contributed by atoms with van der Waals surface area (Å²) in [5.41, 5.74) is 11.4. The third kappa shape index (κ3) is 7.86. The Kier molecular flexibility index (Phi) is 10.3. The van der Waals surface area contributed by atoms with Gasteiger partial charge in [0.1, 0.15) is 36.2 Å². The zero-order valence-corrected chi connectivity index (χ0v) is 31.8. The zero-order chi connectivity index (χ0) is 39.3. The molecule has 8 bridgehead atoms. The minimum atomic E-state index is 0.225. The first kappa shape index (κ1) is 36.3. The molecular formula is C50H40N4O4. The summed E-state index contributed by atoms with van der Waals surface area (Å²) in [5.74, 6) is 1.88. The monoisotopic (exact) mass is 760 g/mol. The smallest absolute Gasteiger partial charge is 0.130 e. The molecule has 0 spiro atoms. The predicted molar refractivity (Wildman–Crippen MR) is 224 cm³/mol. The number of rotatable bonds is 8. The molecule has 0 unspecified atom stereocenters.